The van der Waals surface area contributed by atoms with Crippen molar-refractivity contribution in [1.29, 1.82) is 0 Å². The Labute approximate surface area is 104 Å². The Balaban J connectivity index is 2.80. The molecule has 82 valence electrons. The number of aryl methyl sites for hydroxylation is 1. The second kappa shape index (κ2) is 5.64. The van der Waals surface area contributed by atoms with Crippen molar-refractivity contribution in [3.8, 4) is 0 Å². The van der Waals surface area contributed by atoms with Crippen LogP contribution in [0.1, 0.15) is 12.5 Å². The second-order valence-electron chi connectivity index (χ2n) is 2.95. The van der Waals surface area contributed by atoms with Gasteiger partial charge in [-0.25, -0.2) is 0 Å². The second-order valence-corrected chi connectivity index (χ2v) is 4.78. The number of benzene rings is 1. The summed E-state index contributed by atoms with van der Waals surface area (Å²) in [6, 6.07) is 5.65. The average molecular weight is 264 g/mol. The fourth-order valence-corrected chi connectivity index (χ4v) is 2.21. The number of hydrogen-bond donors (Lipinski definition) is 0. The number of nitrogens with zero attached hydrogens (tertiary/aromatic N) is 1. The third kappa shape index (κ3) is 3.59. The van der Waals surface area contributed by atoms with Crippen LogP contribution >= 0.6 is 35.1 Å². The predicted molar refractivity (Wildman–Crippen MR) is 65.7 cm³/mol. The van der Waals surface area contributed by atoms with E-state index in [2.05, 4.69) is 0 Å². The van der Waals surface area contributed by atoms with Crippen LogP contribution in [0, 0.1) is 6.92 Å². The molecule has 1 aromatic carbocycles. The van der Waals surface area contributed by atoms with Gasteiger partial charge in [-0.05, 0) is 55.1 Å². The van der Waals surface area contributed by atoms with Crippen LogP contribution in [-0.4, -0.2) is 16.2 Å². The first-order chi connectivity index (χ1) is 7.04. The summed E-state index contributed by atoms with van der Waals surface area (Å²) in [4.78, 5) is 11.9. The summed E-state index contributed by atoms with van der Waals surface area (Å²) < 4.78 is 1.46. The van der Waals surface area contributed by atoms with Crippen molar-refractivity contribution in [2.75, 3.05) is 6.54 Å². The largest absolute Gasteiger partial charge is 0.326 e. The molecule has 0 aliphatic carbocycles. The lowest BCUT2D eigenvalue weighted by Gasteiger charge is -2.15. The summed E-state index contributed by atoms with van der Waals surface area (Å²) in [5.41, 5.74) is 1.02. The first kappa shape index (κ1) is 12.7. The van der Waals surface area contributed by atoms with Crippen molar-refractivity contribution >= 4 is 40.5 Å². The maximum Gasteiger partial charge on any atom is 0.326 e. The van der Waals surface area contributed by atoms with Gasteiger partial charge in [0.05, 0.1) is 0 Å². The highest BCUT2D eigenvalue weighted by molar-refractivity contribution is 7.97. The molecule has 15 heavy (non-hydrogen) atoms. The first-order valence-electron chi connectivity index (χ1n) is 4.45. The Morgan fingerprint density at radius 3 is 2.67 bits per heavy atom. The number of rotatable bonds is 3. The van der Waals surface area contributed by atoms with Crippen molar-refractivity contribution in [3.63, 3.8) is 0 Å². The van der Waals surface area contributed by atoms with E-state index in [9.17, 15) is 4.79 Å². The molecule has 0 aromatic heterocycles. The minimum Gasteiger partial charge on any atom is -0.269 e. The maximum atomic E-state index is 11.0. The number of hydrogen-bond acceptors (Lipinski definition) is 2. The third-order valence-electron chi connectivity index (χ3n) is 1.84. The number of carbonyl (C=O) groups is 1. The smallest absolute Gasteiger partial charge is 0.269 e. The molecular formula is C10H11Cl2NOS. The summed E-state index contributed by atoms with van der Waals surface area (Å²) in [7, 11) is 0. The summed E-state index contributed by atoms with van der Waals surface area (Å²) in [6.45, 7) is 4.35. The van der Waals surface area contributed by atoms with Crippen molar-refractivity contribution in [2.24, 2.45) is 0 Å². The standard InChI is InChI=1S/C10H11Cl2NOS/c1-3-13(10(12)14)15-8-5-4-7(2)9(11)6-8/h4-6H,3H2,1-2H3. The molecule has 0 saturated carbocycles. The van der Waals surface area contributed by atoms with Crippen molar-refractivity contribution in [3.05, 3.63) is 28.8 Å². The van der Waals surface area contributed by atoms with Gasteiger partial charge in [0.1, 0.15) is 0 Å². The highest BCUT2D eigenvalue weighted by Crippen LogP contribution is 2.27. The van der Waals surface area contributed by atoms with E-state index in [0.29, 0.717) is 11.6 Å². The predicted octanol–water partition coefficient (Wildman–Crippen LogP) is 4.34. The molecule has 0 fully saturated rings. The quantitative estimate of drug-likeness (QED) is 0.460. The molecule has 0 aliphatic heterocycles. The van der Waals surface area contributed by atoms with E-state index in [-0.39, 0.29) is 0 Å². The molecule has 1 amide bonds. The molecule has 0 aliphatic rings. The lowest BCUT2D eigenvalue weighted by atomic mass is 10.2. The van der Waals surface area contributed by atoms with E-state index in [0.717, 1.165) is 10.5 Å². The van der Waals surface area contributed by atoms with Crippen molar-refractivity contribution in [1.82, 2.24) is 4.31 Å². The Morgan fingerprint density at radius 2 is 2.20 bits per heavy atom. The van der Waals surface area contributed by atoms with Gasteiger partial charge in [-0.2, -0.15) is 0 Å². The normalized spacial score (nSPS) is 10.1. The highest BCUT2D eigenvalue weighted by Gasteiger charge is 2.10. The molecule has 0 atom stereocenters. The van der Waals surface area contributed by atoms with Gasteiger partial charge in [-0.1, -0.05) is 17.7 Å². The number of carbonyl (C=O) groups excluding carboxylic acids is 1. The Hall–Kier alpha value is -0.380. The monoisotopic (exact) mass is 263 g/mol. The molecular weight excluding hydrogens is 253 g/mol. The van der Waals surface area contributed by atoms with E-state index in [1.807, 2.05) is 32.0 Å². The first-order valence-corrected chi connectivity index (χ1v) is 5.98. The van der Waals surface area contributed by atoms with Crippen molar-refractivity contribution < 1.29 is 4.79 Å². The van der Waals surface area contributed by atoms with E-state index < -0.39 is 5.37 Å². The molecule has 0 saturated heterocycles. The van der Waals surface area contributed by atoms with E-state index >= 15 is 0 Å². The maximum absolute atomic E-state index is 11.0. The van der Waals surface area contributed by atoms with Crippen molar-refractivity contribution in [2.45, 2.75) is 18.7 Å². The van der Waals surface area contributed by atoms with Crippen LogP contribution in [0.3, 0.4) is 0 Å². The van der Waals surface area contributed by atoms with Crippen LogP contribution in [0.15, 0.2) is 23.1 Å². The lowest BCUT2D eigenvalue weighted by Crippen LogP contribution is -2.17. The molecule has 0 spiro atoms. The Kier molecular flexibility index (Phi) is 4.77. The highest BCUT2D eigenvalue weighted by atomic mass is 35.5. The van der Waals surface area contributed by atoms with Gasteiger partial charge >= 0.3 is 5.37 Å². The molecule has 0 N–H and O–H groups in total. The average Bonchev–Trinajstić information content (AvgIpc) is 2.19. The molecule has 1 aromatic rings. The van der Waals surface area contributed by atoms with Gasteiger partial charge in [0.2, 0.25) is 0 Å². The van der Waals surface area contributed by atoms with Gasteiger partial charge in [0.15, 0.2) is 0 Å². The lowest BCUT2D eigenvalue weighted by molar-refractivity contribution is 0.248. The Morgan fingerprint density at radius 1 is 1.53 bits per heavy atom. The van der Waals surface area contributed by atoms with Gasteiger partial charge in [0, 0.05) is 16.5 Å². The summed E-state index contributed by atoms with van der Waals surface area (Å²) >= 11 is 12.7. The molecule has 0 unspecified atom stereocenters. The summed E-state index contributed by atoms with van der Waals surface area (Å²) in [6.07, 6.45) is 0. The van der Waals surface area contributed by atoms with Gasteiger partial charge in [-0.15, -0.1) is 0 Å². The number of amides is 1. The fraction of sp³-hybridized carbons (Fsp3) is 0.300. The zero-order valence-electron chi connectivity index (χ0n) is 8.46. The van der Waals surface area contributed by atoms with Gasteiger partial charge < -0.3 is 0 Å². The molecule has 0 radical (unpaired) electrons. The molecule has 0 bridgehead atoms. The van der Waals surface area contributed by atoms with Crippen LogP contribution in [0.5, 0.6) is 0 Å². The van der Waals surface area contributed by atoms with Gasteiger partial charge in [0.25, 0.3) is 0 Å². The zero-order chi connectivity index (χ0) is 11.4. The molecule has 5 heteroatoms. The minimum absolute atomic E-state index is 0.473. The molecule has 0 heterocycles. The van der Waals surface area contributed by atoms with E-state index in [1.54, 1.807) is 0 Å². The molecule has 1 rings (SSSR count). The van der Waals surface area contributed by atoms with Crippen LogP contribution < -0.4 is 0 Å². The van der Waals surface area contributed by atoms with E-state index in [1.165, 1.54) is 16.3 Å². The third-order valence-corrected chi connectivity index (χ3v) is 3.66. The summed E-state index contributed by atoms with van der Waals surface area (Å²) in [5, 5.41) is 0.220. The van der Waals surface area contributed by atoms with Crippen LogP contribution in [0.25, 0.3) is 0 Å². The number of halogens is 2. The Bertz CT molecular complexity index is 370. The topological polar surface area (TPSA) is 20.3 Å². The van der Waals surface area contributed by atoms with Crippen LogP contribution in [0.2, 0.25) is 5.02 Å². The van der Waals surface area contributed by atoms with E-state index in [4.69, 9.17) is 23.2 Å². The summed E-state index contributed by atoms with van der Waals surface area (Å²) in [5.74, 6) is 0. The van der Waals surface area contributed by atoms with Crippen LogP contribution in [0.4, 0.5) is 4.79 Å². The minimum atomic E-state index is -0.473. The zero-order valence-corrected chi connectivity index (χ0v) is 10.8. The SMILES string of the molecule is CCN(Sc1ccc(C)c(Cl)c1)C(=O)Cl. The molecule has 2 nitrogen and oxygen atoms in total. The fourth-order valence-electron chi connectivity index (χ4n) is 0.982. The van der Waals surface area contributed by atoms with Crippen LogP contribution in [-0.2, 0) is 0 Å². The van der Waals surface area contributed by atoms with Gasteiger partial charge in [-0.3, -0.25) is 9.10 Å².